The molecule has 0 radical (unpaired) electrons. The zero-order chi connectivity index (χ0) is 17.5. The number of hydrogen-bond acceptors (Lipinski definition) is 4. The van der Waals surface area contributed by atoms with Gasteiger partial charge in [-0.15, -0.1) is 0 Å². The van der Waals surface area contributed by atoms with Crippen molar-refractivity contribution in [3.63, 3.8) is 0 Å². The van der Waals surface area contributed by atoms with E-state index in [4.69, 9.17) is 4.74 Å². The summed E-state index contributed by atoms with van der Waals surface area (Å²) in [6, 6.07) is 0. The van der Waals surface area contributed by atoms with Crippen molar-refractivity contribution in [2.24, 2.45) is 5.92 Å². The maximum Gasteiger partial charge on any atom is 0.340 e. The zero-order valence-electron chi connectivity index (χ0n) is 13.0. The molecular formula is C15H22F4O4. The fraction of sp³-hybridized carbons (Fsp3) is 0.867. The Labute approximate surface area is 132 Å². The van der Waals surface area contributed by atoms with Gasteiger partial charge in [-0.1, -0.05) is 6.92 Å². The van der Waals surface area contributed by atoms with Crippen molar-refractivity contribution < 1.29 is 36.6 Å². The highest BCUT2D eigenvalue weighted by Gasteiger charge is 2.42. The Morgan fingerprint density at radius 1 is 1.09 bits per heavy atom. The fourth-order valence-electron chi connectivity index (χ4n) is 2.28. The van der Waals surface area contributed by atoms with Crippen LogP contribution in [-0.4, -0.2) is 37.0 Å². The first-order valence-corrected chi connectivity index (χ1v) is 7.71. The van der Waals surface area contributed by atoms with Gasteiger partial charge in [0.2, 0.25) is 0 Å². The summed E-state index contributed by atoms with van der Waals surface area (Å²) in [5.74, 6) is -5.21. The van der Waals surface area contributed by atoms with E-state index in [9.17, 15) is 27.2 Å². The van der Waals surface area contributed by atoms with E-state index in [0.717, 1.165) is 25.7 Å². The lowest BCUT2D eigenvalue weighted by Gasteiger charge is -2.25. The number of alkyl halides is 4. The molecule has 1 saturated carbocycles. The molecule has 134 valence electrons. The summed E-state index contributed by atoms with van der Waals surface area (Å²) in [5.41, 5.74) is 0. The van der Waals surface area contributed by atoms with Gasteiger partial charge in [-0.2, -0.15) is 8.78 Å². The van der Waals surface area contributed by atoms with Crippen LogP contribution in [0.1, 0.15) is 51.9 Å². The molecule has 23 heavy (non-hydrogen) atoms. The summed E-state index contributed by atoms with van der Waals surface area (Å²) < 4.78 is 58.2. The standard InChI is InChI=1S/C15H22F4O4/c1-10-5-7-11(8-6-10)23-13(21)4-2-3-12(20)22-9-15(18,19)14(16)17/h10-11,14H,2-9H2,1H3. The number of esters is 2. The highest BCUT2D eigenvalue weighted by molar-refractivity contribution is 5.72. The van der Waals surface area contributed by atoms with Gasteiger partial charge in [0.05, 0.1) is 0 Å². The SMILES string of the molecule is CC1CCC(OC(=O)CCCC(=O)OCC(F)(F)C(F)F)CC1. The van der Waals surface area contributed by atoms with E-state index in [1.165, 1.54) is 0 Å². The molecular weight excluding hydrogens is 320 g/mol. The van der Waals surface area contributed by atoms with Crippen LogP contribution < -0.4 is 0 Å². The minimum absolute atomic E-state index is 0.0353. The summed E-state index contributed by atoms with van der Waals surface area (Å²) in [4.78, 5) is 22.8. The first kappa shape index (κ1) is 19.7. The molecule has 0 bridgehead atoms. The third kappa shape index (κ3) is 7.65. The van der Waals surface area contributed by atoms with E-state index < -0.39 is 30.9 Å². The number of ether oxygens (including phenoxy) is 2. The number of rotatable bonds is 8. The third-order valence-electron chi connectivity index (χ3n) is 3.77. The van der Waals surface area contributed by atoms with Crippen LogP contribution in [0.4, 0.5) is 17.6 Å². The Bertz CT molecular complexity index is 393. The molecule has 1 aliphatic carbocycles. The molecule has 0 N–H and O–H groups in total. The lowest BCUT2D eigenvalue weighted by atomic mass is 9.89. The van der Waals surface area contributed by atoms with E-state index in [0.29, 0.717) is 5.92 Å². The predicted octanol–water partition coefficient (Wildman–Crippen LogP) is 3.72. The Hall–Kier alpha value is -1.34. The first-order chi connectivity index (χ1) is 10.7. The Balaban J connectivity index is 2.13. The molecule has 0 aliphatic heterocycles. The Morgan fingerprint density at radius 3 is 2.22 bits per heavy atom. The lowest BCUT2D eigenvalue weighted by molar-refractivity contribution is -0.179. The van der Waals surface area contributed by atoms with Gasteiger partial charge in [-0.05, 0) is 38.0 Å². The smallest absolute Gasteiger partial charge is 0.340 e. The van der Waals surface area contributed by atoms with Crippen molar-refractivity contribution in [3.05, 3.63) is 0 Å². The molecule has 1 aliphatic rings. The highest BCUT2D eigenvalue weighted by Crippen LogP contribution is 2.26. The second-order valence-electron chi connectivity index (χ2n) is 5.95. The molecule has 0 atom stereocenters. The van der Waals surface area contributed by atoms with Crippen molar-refractivity contribution in [1.29, 1.82) is 0 Å². The average molecular weight is 342 g/mol. The van der Waals surface area contributed by atoms with Gasteiger partial charge < -0.3 is 9.47 Å². The summed E-state index contributed by atoms with van der Waals surface area (Å²) in [5, 5.41) is 0. The van der Waals surface area contributed by atoms with Crippen molar-refractivity contribution >= 4 is 11.9 Å². The molecule has 0 spiro atoms. The van der Waals surface area contributed by atoms with Crippen LogP contribution in [0.15, 0.2) is 0 Å². The van der Waals surface area contributed by atoms with Crippen molar-refractivity contribution in [2.75, 3.05) is 6.61 Å². The van der Waals surface area contributed by atoms with Crippen LogP contribution in [-0.2, 0) is 19.1 Å². The van der Waals surface area contributed by atoms with Crippen LogP contribution in [0, 0.1) is 5.92 Å². The average Bonchev–Trinajstić information content (AvgIpc) is 2.47. The molecule has 0 unspecified atom stereocenters. The highest BCUT2D eigenvalue weighted by atomic mass is 19.3. The van der Waals surface area contributed by atoms with Crippen LogP contribution >= 0.6 is 0 Å². The molecule has 1 rings (SSSR count). The van der Waals surface area contributed by atoms with Crippen molar-refractivity contribution in [2.45, 2.75) is 70.3 Å². The summed E-state index contributed by atoms with van der Waals surface area (Å²) in [6.45, 7) is 0.482. The number of hydrogen-bond donors (Lipinski definition) is 0. The first-order valence-electron chi connectivity index (χ1n) is 7.71. The van der Waals surface area contributed by atoms with Gasteiger partial charge in [0, 0.05) is 12.8 Å². The summed E-state index contributed by atoms with van der Waals surface area (Å²) >= 11 is 0. The molecule has 4 nitrogen and oxygen atoms in total. The minimum Gasteiger partial charge on any atom is -0.462 e. The summed E-state index contributed by atoms with van der Waals surface area (Å²) in [7, 11) is 0. The molecule has 0 aromatic rings. The lowest BCUT2D eigenvalue weighted by Crippen LogP contribution is -2.33. The molecule has 0 aromatic heterocycles. The van der Waals surface area contributed by atoms with Crippen molar-refractivity contribution in [1.82, 2.24) is 0 Å². The molecule has 0 heterocycles. The van der Waals surface area contributed by atoms with Crippen LogP contribution in [0.2, 0.25) is 0 Å². The van der Waals surface area contributed by atoms with Gasteiger partial charge in [-0.25, -0.2) is 8.78 Å². The van der Waals surface area contributed by atoms with E-state index >= 15 is 0 Å². The second-order valence-corrected chi connectivity index (χ2v) is 5.95. The van der Waals surface area contributed by atoms with E-state index in [1.54, 1.807) is 0 Å². The number of halogens is 4. The van der Waals surface area contributed by atoms with Gasteiger partial charge >= 0.3 is 24.3 Å². The monoisotopic (exact) mass is 342 g/mol. The third-order valence-corrected chi connectivity index (χ3v) is 3.77. The van der Waals surface area contributed by atoms with Gasteiger partial charge in [0.15, 0.2) is 6.61 Å². The second kappa shape index (κ2) is 9.08. The maximum atomic E-state index is 12.5. The largest absolute Gasteiger partial charge is 0.462 e. The zero-order valence-corrected chi connectivity index (χ0v) is 13.0. The summed E-state index contributed by atoms with van der Waals surface area (Å²) in [6.07, 6.45) is -0.608. The quantitative estimate of drug-likeness (QED) is 0.498. The van der Waals surface area contributed by atoms with Crippen LogP contribution in [0.5, 0.6) is 0 Å². The molecule has 0 aromatic carbocycles. The van der Waals surface area contributed by atoms with Crippen molar-refractivity contribution in [3.8, 4) is 0 Å². The molecule has 8 heteroatoms. The number of carbonyl (C=O) groups excluding carboxylic acids is 2. The minimum atomic E-state index is -4.35. The Morgan fingerprint density at radius 2 is 1.65 bits per heavy atom. The van der Waals surface area contributed by atoms with Crippen LogP contribution in [0.3, 0.4) is 0 Å². The molecule has 0 saturated heterocycles. The van der Waals surface area contributed by atoms with Crippen LogP contribution in [0.25, 0.3) is 0 Å². The maximum absolute atomic E-state index is 12.5. The topological polar surface area (TPSA) is 52.6 Å². The van der Waals surface area contributed by atoms with Gasteiger partial charge in [0.25, 0.3) is 0 Å². The van der Waals surface area contributed by atoms with E-state index in [2.05, 4.69) is 11.7 Å². The number of carbonyl (C=O) groups is 2. The fourth-order valence-corrected chi connectivity index (χ4v) is 2.28. The van der Waals surface area contributed by atoms with Gasteiger partial charge in [-0.3, -0.25) is 9.59 Å². The van der Waals surface area contributed by atoms with E-state index in [-0.39, 0.29) is 25.4 Å². The Kier molecular flexibility index (Phi) is 7.78. The molecule has 1 fully saturated rings. The van der Waals surface area contributed by atoms with E-state index in [1.807, 2.05) is 0 Å². The van der Waals surface area contributed by atoms with Gasteiger partial charge in [0.1, 0.15) is 6.10 Å². The molecule has 0 amide bonds. The predicted molar refractivity (Wildman–Crippen MR) is 73.3 cm³/mol. The normalized spacial score (nSPS) is 22.0.